The molecule has 0 saturated heterocycles. The van der Waals surface area contributed by atoms with Gasteiger partial charge in [0.05, 0.1) is 0 Å². The van der Waals surface area contributed by atoms with Crippen molar-refractivity contribution in [2.75, 3.05) is 0 Å². The summed E-state index contributed by atoms with van der Waals surface area (Å²) in [6.07, 6.45) is 0.821. The van der Waals surface area contributed by atoms with Gasteiger partial charge in [-0.05, 0) is 24.1 Å². The van der Waals surface area contributed by atoms with Gasteiger partial charge in [-0.1, -0.05) is 6.92 Å². The highest BCUT2D eigenvalue weighted by Gasteiger charge is 1.95. The van der Waals surface area contributed by atoms with Crippen LogP contribution in [0.1, 0.15) is 12.5 Å². The van der Waals surface area contributed by atoms with Crippen molar-refractivity contribution >= 4 is 0 Å². The van der Waals surface area contributed by atoms with Crippen molar-refractivity contribution in [3.63, 3.8) is 0 Å². The fraction of sp³-hybridized carbons (Fsp3) is 0.250. The molecular weight excluding hydrogens is 128 g/mol. The predicted octanol–water partition coefficient (Wildman–Crippen LogP) is 1.66. The average Bonchev–Trinajstić information content (AvgIpc) is 1.85. The molecule has 2 heteroatoms. The van der Waals surface area contributed by atoms with Gasteiger partial charge in [0.2, 0.25) is 0 Å². The molecule has 0 saturated carbocycles. The zero-order valence-corrected chi connectivity index (χ0v) is 5.83. The van der Waals surface area contributed by atoms with Gasteiger partial charge >= 0.3 is 0 Å². The Morgan fingerprint density at radius 1 is 1.10 bits per heavy atom. The second-order valence-electron chi connectivity index (χ2n) is 2.21. The van der Waals surface area contributed by atoms with Gasteiger partial charge in [0.15, 0.2) is 0 Å². The molecule has 0 aromatic heterocycles. The first-order chi connectivity index (χ1) is 4.72. The van der Waals surface area contributed by atoms with Gasteiger partial charge in [0, 0.05) is 6.07 Å². The van der Waals surface area contributed by atoms with E-state index in [1.54, 1.807) is 12.1 Å². The van der Waals surface area contributed by atoms with Gasteiger partial charge in [-0.3, -0.25) is 0 Å². The minimum atomic E-state index is 0.122. The molecule has 2 nitrogen and oxygen atoms in total. The van der Waals surface area contributed by atoms with Crippen molar-refractivity contribution in [2.24, 2.45) is 0 Å². The molecule has 1 aromatic carbocycles. The smallest absolute Gasteiger partial charge is 0.119 e. The molecule has 0 fully saturated rings. The van der Waals surface area contributed by atoms with E-state index in [0.717, 1.165) is 12.0 Å². The van der Waals surface area contributed by atoms with E-state index in [-0.39, 0.29) is 11.5 Å². The third kappa shape index (κ3) is 1.41. The number of phenolic OH excluding ortho intramolecular Hbond substituents is 2. The molecule has 0 unspecified atom stereocenters. The number of hydrogen-bond donors (Lipinski definition) is 2. The lowest BCUT2D eigenvalue weighted by molar-refractivity contribution is 0.449. The van der Waals surface area contributed by atoms with Crippen LogP contribution < -0.4 is 0 Å². The number of aromatic hydroxyl groups is 2. The Morgan fingerprint density at radius 2 is 1.60 bits per heavy atom. The van der Waals surface area contributed by atoms with Gasteiger partial charge in [0.25, 0.3) is 0 Å². The van der Waals surface area contributed by atoms with E-state index in [1.165, 1.54) is 6.07 Å². The zero-order valence-electron chi connectivity index (χ0n) is 5.83. The summed E-state index contributed by atoms with van der Waals surface area (Å²) in [6.45, 7) is 1.97. The number of aryl methyl sites for hydroxylation is 1. The summed E-state index contributed by atoms with van der Waals surface area (Å²) in [5, 5.41) is 17.9. The Labute approximate surface area is 59.7 Å². The first-order valence-corrected chi connectivity index (χ1v) is 3.24. The lowest BCUT2D eigenvalue weighted by Crippen LogP contribution is -1.77. The van der Waals surface area contributed by atoms with E-state index in [4.69, 9.17) is 10.2 Å². The Balaban J connectivity index is 3.06. The van der Waals surface area contributed by atoms with Crippen molar-refractivity contribution < 1.29 is 10.2 Å². The highest BCUT2D eigenvalue weighted by Crippen LogP contribution is 2.20. The summed E-state index contributed by atoms with van der Waals surface area (Å²) >= 11 is 0. The second kappa shape index (κ2) is 2.60. The Kier molecular flexibility index (Phi) is 1.81. The van der Waals surface area contributed by atoms with Crippen molar-refractivity contribution in [1.29, 1.82) is 0 Å². The first-order valence-electron chi connectivity index (χ1n) is 3.24. The van der Waals surface area contributed by atoms with Crippen molar-refractivity contribution in [2.45, 2.75) is 13.3 Å². The van der Waals surface area contributed by atoms with E-state index >= 15 is 0 Å². The van der Waals surface area contributed by atoms with Crippen molar-refractivity contribution in [3.8, 4) is 11.5 Å². The number of phenols is 2. The third-order valence-corrected chi connectivity index (χ3v) is 1.37. The molecule has 1 rings (SSSR count). The number of rotatable bonds is 1. The SMILES string of the molecule is CCc1cc(O)cc(O)c1. The fourth-order valence-electron chi connectivity index (χ4n) is 0.861. The summed E-state index contributed by atoms with van der Waals surface area (Å²) in [7, 11) is 0. The van der Waals surface area contributed by atoms with Gasteiger partial charge < -0.3 is 10.2 Å². The Morgan fingerprint density at radius 3 is 2.00 bits per heavy atom. The van der Waals surface area contributed by atoms with Crippen LogP contribution in [0.3, 0.4) is 0 Å². The average molecular weight is 138 g/mol. The van der Waals surface area contributed by atoms with Crippen LogP contribution >= 0.6 is 0 Å². The molecule has 0 spiro atoms. The number of hydrogen-bond acceptors (Lipinski definition) is 2. The molecule has 0 atom stereocenters. The molecule has 0 bridgehead atoms. The third-order valence-electron chi connectivity index (χ3n) is 1.37. The van der Waals surface area contributed by atoms with E-state index in [0.29, 0.717) is 0 Å². The van der Waals surface area contributed by atoms with Gasteiger partial charge in [-0.25, -0.2) is 0 Å². The van der Waals surface area contributed by atoms with Crippen LogP contribution in [0.2, 0.25) is 0 Å². The largest absolute Gasteiger partial charge is 0.508 e. The fourth-order valence-corrected chi connectivity index (χ4v) is 0.861. The quantitative estimate of drug-likeness (QED) is 0.619. The summed E-state index contributed by atoms with van der Waals surface area (Å²) < 4.78 is 0. The summed E-state index contributed by atoms with van der Waals surface area (Å²) in [5.74, 6) is 0.244. The van der Waals surface area contributed by atoms with Crippen LogP contribution in [-0.4, -0.2) is 10.2 Å². The molecule has 54 valence electrons. The van der Waals surface area contributed by atoms with Crippen LogP contribution in [0.4, 0.5) is 0 Å². The maximum atomic E-state index is 8.96. The lowest BCUT2D eigenvalue weighted by atomic mass is 10.1. The second-order valence-corrected chi connectivity index (χ2v) is 2.21. The van der Waals surface area contributed by atoms with Crippen LogP contribution in [0, 0.1) is 0 Å². The van der Waals surface area contributed by atoms with Gasteiger partial charge in [-0.2, -0.15) is 0 Å². The summed E-state index contributed by atoms with van der Waals surface area (Å²) in [5.41, 5.74) is 0.942. The molecule has 0 aliphatic rings. The van der Waals surface area contributed by atoms with Crippen molar-refractivity contribution in [1.82, 2.24) is 0 Å². The first kappa shape index (κ1) is 6.93. The zero-order chi connectivity index (χ0) is 7.56. The van der Waals surface area contributed by atoms with Crippen LogP contribution in [-0.2, 0) is 6.42 Å². The molecule has 10 heavy (non-hydrogen) atoms. The standard InChI is InChI=1S/C8H10O2/c1-2-6-3-7(9)5-8(10)4-6/h3-5,9-10H,2H2,1H3. The maximum Gasteiger partial charge on any atom is 0.119 e. The van der Waals surface area contributed by atoms with Gasteiger partial charge in [0.1, 0.15) is 11.5 Å². The van der Waals surface area contributed by atoms with E-state index < -0.39 is 0 Å². The van der Waals surface area contributed by atoms with Crippen LogP contribution in [0.15, 0.2) is 18.2 Å². The van der Waals surface area contributed by atoms with E-state index in [2.05, 4.69) is 0 Å². The van der Waals surface area contributed by atoms with Crippen LogP contribution in [0.5, 0.6) is 11.5 Å². The van der Waals surface area contributed by atoms with E-state index in [9.17, 15) is 0 Å². The highest BCUT2D eigenvalue weighted by atomic mass is 16.3. The molecule has 0 aliphatic heterocycles. The minimum absolute atomic E-state index is 0.122. The monoisotopic (exact) mass is 138 g/mol. The molecule has 0 amide bonds. The molecular formula is C8H10O2. The van der Waals surface area contributed by atoms with Gasteiger partial charge in [-0.15, -0.1) is 0 Å². The normalized spacial score (nSPS) is 9.70. The predicted molar refractivity (Wildman–Crippen MR) is 39.1 cm³/mol. The topological polar surface area (TPSA) is 40.5 Å². The molecule has 0 heterocycles. The lowest BCUT2D eigenvalue weighted by Gasteiger charge is -1.98. The molecule has 0 radical (unpaired) electrons. The van der Waals surface area contributed by atoms with Crippen molar-refractivity contribution in [3.05, 3.63) is 23.8 Å². The summed E-state index contributed by atoms with van der Waals surface area (Å²) in [4.78, 5) is 0. The van der Waals surface area contributed by atoms with E-state index in [1.807, 2.05) is 6.92 Å². The van der Waals surface area contributed by atoms with Crippen LogP contribution in [0.25, 0.3) is 0 Å². The summed E-state index contributed by atoms with van der Waals surface area (Å²) in [6, 6.07) is 4.60. The number of benzene rings is 1. The minimum Gasteiger partial charge on any atom is -0.508 e. The Bertz CT molecular complexity index is 210. The molecule has 2 N–H and O–H groups in total. The maximum absolute atomic E-state index is 8.96. The molecule has 1 aromatic rings. The Hall–Kier alpha value is -1.18. The highest BCUT2D eigenvalue weighted by molar-refractivity contribution is 5.36. The molecule has 0 aliphatic carbocycles.